The number of carbonyl (C=O) groups is 1. The molecule has 1 aromatic heterocycles. The van der Waals surface area contributed by atoms with E-state index in [1.807, 2.05) is 6.07 Å². The second-order valence-corrected chi connectivity index (χ2v) is 8.29. The molecule has 0 fully saturated rings. The lowest BCUT2D eigenvalue weighted by Gasteiger charge is -2.13. The fourth-order valence-corrected chi connectivity index (χ4v) is 3.44. The van der Waals surface area contributed by atoms with Crippen LogP contribution in [0, 0.1) is 0 Å². The molecule has 0 aliphatic heterocycles. The number of ether oxygens (including phenoxy) is 1. The maximum absolute atomic E-state index is 13.2. The highest BCUT2D eigenvalue weighted by molar-refractivity contribution is 9.10. The molecule has 0 aliphatic rings. The minimum atomic E-state index is -1.10. The van der Waals surface area contributed by atoms with Crippen LogP contribution in [-0.2, 0) is 11.2 Å². The van der Waals surface area contributed by atoms with Crippen molar-refractivity contribution in [3.8, 4) is 5.75 Å². The van der Waals surface area contributed by atoms with Gasteiger partial charge in [-0.3, -0.25) is 4.79 Å². The van der Waals surface area contributed by atoms with Crippen LogP contribution in [0.25, 0.3) is 10.9 Å². The first-order valence-electron chi connectivity index (χ1n) is 9.74. The molecule has 31 heavy (non-hydrogen) atoms. The third-order valence-electron chi connectivity index (χ3n) is 4.56. The molecule has 1 heterocycles. The number of carboxylic acid groups (broad SMARTS) is 1. The zero-order chi connectivity index (χ0) is 22.5. The Morgan fingerprint density at radius 2 is 2.13 bits per heavy atom. The van der Waals surface area contributed by atoms with Crippen LogP contribution >= 0.6 is 27.5 Å². The number of aliphatic carboxylic acids is 1. The summed E-state index contributed by atoms with van der Waals surface area (Å²) in [6, 6.07) is 10.1. The van der Waals surface area contributed by atoms with E-state index in [1.54, 1.807) is 30.3 Å². The number of nitrogens with zero attached hydrogens (tertiary/aromatic N) is 3. The summed E-state index contributed by atoms with van der Waals surface area (Å²) < 4.78 is 7.54. The van der Waals surface area contributed by atoms with Crippen LogP contribution in [-0.4, -0.2) is 33.1 Å². The molecular formula is C22H21BrClN3O4. The molecule has 2 aromatic carbocycles. The highest BCUT2D eigenvalue weighted by Gasteiger charge is 2.15. The molecule has 0 bridgehead atoms. The smallest absolute Gasteiger partial charge is 0.344 e. The summed E-state index contributed by atoms with van der Waals surface area (Å²) in [5, 5.41) is 14.4. The van der Waals surface area contributed by atoms with Crippen molar-refractivity contribution in [3.63, 3.8) is 0 Å². The third-order valence-corrected chi connectivity index (χ3v) is 5.29. The molecule has 3 rings (SSSR count). The Morgan fingerprint density at radius 1 is 1.35 bits per heavy atom. The van der Waals surface area contributed by atoms with Crippen LogP contribution in [0.4, 0.5) is 0 Å². The van der Waals surface area contributed by atoms with Gasteiger partial charge in [0.25, 0.3) is 5.56 Å². The normalized spacial score (nSPS) is 12.4. The fourth-order valence-electron chi connectivity index (χ4n) is 2.90. The Kier molecular flexibility index (Phi) is 7.46. The molecule has 0 radical (unpaired) electrons. The highest BCUT2D eigenvalue weighted by atomic mass is 79.9. The monoisotopic (exact) mass is 505 g/mol. The van der Waals surface area contributed by atoms with E-state index in [-0.39, 0.29) is 5.56 Å². The number of unbranched alkanes of at least 4 members (excludes halogenated alkanes) is 1. The topological polar surface area (TPSA) is 93.8 Å². The lowest BCUT2D eigenvalue weighted by atomic mass is 10.2. The van der Waals surface area contributed by atoms with Gasteiger partial charge in [-0.05, 0) is 49.7 Å². The molecule has 0 saturated heterocycles. The Labute approximate surface area is 192 Å². The van der Waals surface area contributed by atoms with Gasteiger partial charge in [-0.25, -0.2) is 9.78 Å². The highest BCUT2D eigenvalue weighted by Crippen LogP contribution is 2.23. The quantitative estimate of drug-likeness (QED) is 0.439. The standard InChI is InChI=1S/C22H21BrClN3O4/c1-3-4-5-20-26-18-8-6-15(23)11-17(18)21(28)27(20)25-12-14-10-16(24)7-9-19(14)31-13(2)22(29)30/h6-13H,3-5H2,1-2H3,(H,29,30)/t13-/m0/s1. The first-order valence-corrected chi connectivity index (χ1v) is 10.9. The second-order valence-electron chi connectivity index (χ2n) is 6.94. The minimum Gasteiger partial charge on any atom is -0.479 e. The van der Waals surface area contributed by atoms with Crippen molar-refractivity contribution in [2.75, 3.05) is 0 Å². The van der Waals surface area contributed by atoms with E-state index in [1.165, 1.54) is 17.8 Å². The Morgan fingerprint density at radius 3 is 2.84 bits per heavy atom. The Balaban J connectivity index is 2.10. The number of hydrogen-bond acceptors (Lipinski definition) is 5. The van der Waals surface area contributed by atoms with E-state index < -0.39 is 12.1 Å². The summed E-state index contributed by atoms with van der Waals surface area (Å²) in [5.41, 5.74) is 0.758. The van der Waals surface area contributed by atoms with E-state index >= 15 is 0 Å². The summed E-state index contributed by atoms with van der Waals surface area (Å²) in [6.45, 7) is 3.49. The third kappa shape index (κ3) is 5.51. The number of halogens is 2. The van der Waals surface area contributed by atoms with Gasteiger partial charge in [-0.1, -0.05) is 40.9 Å². The lowest BCUT2D eigenvalue weighted by Crippen LogP contribution is -2.24. The van der Waals surface area contributed by atoms with Gasteiger partial charge in [0, 0.05) is 21.5 Å². The van der Waals surface area contributed by atoms with E-state index in [0.29, 0.717) is 39.5 Å². The van der Waals surface area contributed by atoms with Gasteiger partial charge < -0.3 is 9.84 Å². The van der Waals surface area contributed by atoms with E-state index in [0.717, 1.165) is 17.3 Å². The van der Waals surface area contributed by atoms with Crippen molar-refractivity contribution >= 4 is 50.6 Å². The number of hydrogen-bond donors (Lipinski definition) is 1. The van der Waals surface area contributed by atoms with Crippen LogP contribution in [0.1, 0.15) is 38.1 Å². The Bertz CT molecular complexity index is 1210. The maximum atomic E-state index is 13.2. The van der Waals surface area contributed by atoms with E-state index in [9.17, 15) is 9.59 Å². The van der Waals surface area contributed by atoms with Crippen LogP contribution in [0.3, 0.4) is 0 Å². The Hall–Kier alpha value is -2.71. The van der Waals surface area contributed by atoms with Crippen LogP contribution < -0.4 is 10.3 Å². The van der Waals surface area contributed by atoms with Crippen molar-refractivity contribution < 1.29 is 14.6 Å². The van der Waals surface area contributed by atoms with Crippen molar-refractivity contribution in [1.29, 1.82) is 0 Å². The van der Waals surface area contributed by atoms with Gasteiger partial charge in [0.1, 0.15) is 11.6 Å². The first-order chi connectivity index (χ1) is 14.8. The number of rotatable bonds is 8. The molecule has 0 spiro atoms. The molecule has 9 heteroatoms. The van der Waals surface area contributed by atoms with E-state index in [2.05, 4.69) is 32.9 Å². The molecular weight excluding hydrogens is 486 g/mol. The summed E-state index contributed by atoms with van der Waals surface area (Å²) in [4.78, 5) is 29.0. The van der Waals surface area contributed by atoms with Crippen molar-refractivity contribution in [2.45, 2.75) is 39.2 Å². The second kappa shape index (κ2) is 10.1. The number of carboxylic acids is 1. The average Bonchev–Trinajstić information content (AvgIpc) is 2.73. The van der Waals surface area contributed by atoms with Gasteiger partial charge in [0.15, 0.2) is 6.10 Å². The average molecular weight is 507 g/mol. The van der Waals surface area contributed by atoms with Crippen molar-refractivity contribution in [2.24, 2.45) is 5.10 Å². The molecule has 7 nitrogen and oxygen atoms in total. The zero-order valence-electron chi connectivity index (χ0n) is 17.0. The minimum absolute atomic E-state index is 0.294. The summed E-state index contributed by atoms with van der Waals surface area (Å²) >= 11 is 9.49. The van der Waals surface area contributed by atoms with Gasteiger partial charge in [0.2, 0.25) is 0 Å². The first kappa shape index (κ1) is 23.0. The molecule has 0 aliphatic carbocycles. The van der Waals surface area contributed by atoms with Crippen LogP contribution in [0.2, 0.25) is 5.02 Å². The van der Waals surface area contributed by atoms with Gasteiger partial charge in [-0.15, -0.1) is 0 Å². The molecule has 0 saturated carbocycles. The summed E-state index contributed by atoms with van der Waals surface area (Å²) in [5.74, 6) is -0.260. The number of aromatic nitrogens is 2. The van der Waals surface area contributed by atoms with E-state index in [4.69, 9.17) is 21.4 Å². The number of fused-ring (bicyclic) bond motifs is 1. The predicted molar refractivity (Wildman–Crippen MR) is 124 cm³/mol. The van der Waals surface area contributed by atoms with Crippen LogP contribution in [0.15, 0.2) is 50.8 Å². The fraction of sp³-hybridized carbons (Fsp3) is 0.273. The molecule has 162 valence electrons. The zero-order valence-corrected chi connectivity index (χ0v) is 19.4. The SMILES string of the molecule is CCCCc1nc2ccc(Br)cc2c(=O)n1N=Cc1cc(Cl)ccc1O[C@@H](C)C(=O)O. The maximum Gasteiger partial charge on any atom is 0.344 e. The summed E-state index contributed by atoms with van der Waals surface area (Å²) in [7, 11) is 0. The molecule has 1 atom stereocenters. The van der Waals surface area contributed by atoms with Gasteiger partial charge in [-0.2, -0.15) is 9.78 Å². The van der Waals surface area contributed by atoms with Crippen molar-refractivity contribution in [1.82, 2.24) is 9.66 Å². The lowest BCUT2D eigenvalue weighted by molar-refractivity contribution is -0.144. The molecule has 0 unspecified atom stereocenters. The number of benzene rings is 2. The van der Waals surface area contributed by atoms with Gasteiger partial charge >= 0.3 is 5.97 Å². The molecule has 1 N–H and O–H groups in total. The van der Waals surface area contributed by atoms with Gasteiger partial charge in [0.05, 0.1) is 17.1 Å². The van der Waals surface area contributed by atoms with Crippen LogP contribution in [0.5, 0.6) is 5.75 Å². The van der Waals surface area contributed by atoms with Crippen molar-refractivity contribution in [3.05, 3.63) is 67.6 Å². The number of aryl methyl sites for hydroxylation is 1. The molecule has 0 amide bonds. The molecule has 3 aromatic rings. The summed E-state index contributed by atoms with van der Waals surface area (Å²) in [6.07, 6.45) is 2.75. The largest absolute Gasteiger partial charge is 0.479 e. The predicted octanol–water partition coefficient (Wildman–Crippen LogP) is 4.89.